The van der Waals surface area contributed by atoms with Gasteiger partial charge < -0.3 is 25.8 Å². The molecule has 2 fully saturated rings. The molecule has 1 amide bonds. The molecule has 1 saturated heterocycles. The molecule has 43 heavy (non-hydrogen) atoms. The Hall–Kier alpha value is -4.48. The summed E-state index contributed by atoms with van der Waals surface area (Å²) in [5.74, 6) is 1.75. The van der Waals surface area contributed by atoms with Crippen LogP contribution in [0.4, 0.5) is 11.5 Å². The monoisotopic (exact) mass is 582 g/mol. The number of nitrogens with zero attached hydrogens (tertiary/aromatic N) is 6. The highest BCUT2D eigenvalue weighted by molar-refractivity contribution is 5.98. The predicted molar refractivity (Wildman–Crippen MR) is 167 cm³/mol. The molecule has 2 aliphatic rings. The van der Waals surface area contributed by atoms with Gasteiger partial charge in [0.1, 0.15) is 29.8 Å². The van der Waals surface area contributed by atoms with Gasteiger partial charge in [-0.15, -0.1) is 0 Å². The summed E-state index contributed by atoms with van der Waals surface area (Å²) >= 11 is 0. The number of carbonyl (C=O) groups excluding carboxylic acids is 1. The van der Waals surface area contributed by atoms with Crippen LogP contribution in [0.15, 0.2) is 67.5 Å². The number of nitrogens with one attached hydrogen (secondary N) is 1. The molecule has 2 aromatic heterocycles. The van der Waals surface area contributed by atoms with E-state index in [1.165, 1.54) is 12.4 Å². The van der Waals surface area contributed by atoms with Crippen molar-refractivity contribution in [3.63, 3.8) is 0 Å². The lowest BCUT2D eigenvalue weighted by Gasteiger charge is -2.41. The Morgan fingerprint density at radius 2 is 1.79 bits per heavy atom. The van der Waals surface area contributed by atoms with E-state index < -0.39 is 6.23 Å². The molecule has 1 unspecified atom stereocenters. The molecule has 4 aromatic rings. The van der Waals surface area contributed by atoms with Crippen LogP contribution in [-0.4, -0.2) is 79.0 Å². The Kier molecular flexibility index (Phi) is 8.26. The highest BCUT2D eigenvalue weighted by atomic mass is 16.5. The van der Waals surface area contributed by atoms with Gasteiger partial charge in [-0.05, 0) is 62.1 Å². The molecule has 1 aliphatic carbocycles. The van der Waals surface area contributed by atoms with E-state index in [1.54, 1.807) is 6.92 Å². The zero-order valence-corrected chi connectivity index (χ0v) is 24.4. The van der Waals surface area contributed by atoms with Gasteiger partial charge in [0, 0.05) is 44.7 Å². The quantitative estimate of drug-likeness (QED) is 0.204. The highest BCUT2D eigenvalue weighted by Gasteiger charge is 2.31. The van der Waals surface area contributed by atoms with Crippen LogP contribution in [0, 0.1) is 0 Å². The van der Waals surface area contributed by atoms with Crippen molar-refractivity contribution >= 4 is 28.4 Å². The van der Waals surface area contributed by atoms with Crippen LogP contribution in [0.3, 0.4) is 0 Å². The van der Waals surface area contributed by atoms with E-state index >= 15 is 0 Å². The summed E-state index contributed by atoms with van der Waals surface area (Å²) in [4.78, 5) is 25.1. The number of benzene rings is 2. The van der Waals surface area contributed by atoms with E-state index in [0.717, 1.165) is 57.4 Å². The molecule has 0 radical (unpaired) electrons. The number of para-hydroxylation sites is 1. The fraction of sp³-hybridized carbons (Fsp3) is 0.375. The van der Waals surface area contributed by atoms with E-state index in [2.05, 4.69) is 26.8 Å². The fourth-order valence-corrected chi connectivity index (χ4v) is 6.23. The van der Waals surface area contributed by atoms with Crippen molar-refractivity contribution in [1.82, 2.24) is 29.5 Å². The third-order valence-corrected chi connectivity index (χ3v) is 8.56. The first-order valence-corrected chi connectivity index (χ1v) is 14.8. The minimum Gasteiger partial charge on any atom is -0.455 e. The van der Waals surface area contributed by atoms with Crippen molar-refractivity contribution in [2.75, 3.05) is 37.2 Å². The molecule has 224 valence electrons. The maximum absolute atomic E-state index is 11.7. The maximum atomic E-state index is 11.7. The molecule has 3 heterocycles. The minimum absolute atomic E-state index is 0.157. The maximum Gasteiger partial charge on any atom is 0.219 e. The van der Waals surface area contributed by atoms with Gasteiger partial charge in [-0.3, -0.25) is 9.69 Å². The SMILES string of the molecule is C=CC(O)Nc1cc(-c2nn(C3CCC(N4CCN(C(C)=O)CC4)CC3)c3ncnc(N)c23)ccc1Oc1ccccc1. The normalized spacial score (nSPS) is 20.1. The number of fused-ring (bicyclic) bond motifs is 1. The number of rotatable bonds is 8. The van der Waals surface area contributed by atoms with E-state index in [1.807, 2.05) is 58.1 Å². The third kappa shape index (κ3) is 6.04. The first-order chi connectivity index (χ1) is 20.9. The largest absolute Gasteiger partial charge is 0.455 e. The number of anilines is 2. The lowest BCUT2D eigenvalue weighted by Crippen LogP contribution is -2.52. The first kappa shape index (κ1) is 28.6. The number of ether oxygens (including phenoxy) is 1. The summed E-state index contributed by atoms with van der Waals surface area (Å²) in [6.45, 7) is 8.78. The number of nitrogen functional groups attached to an aromatic ring is 1. The number of nitrogens with two attached hydrogens (primary N) is 1. The molecular weight excluding hydrogens is 544 g/mol. The van der Waals surface area contributed by atoms with Crippen molar-refractivity contribution in [2.45, 2.75) is 50.9 Å². The Morgan fingerprint density at radius 3 is 2.49 bits per heavy atom. The zero-order chi connectivity index (χ0) is 29.9. The first-order valence-electron chi connectivity index (χ1n) is 14.8. The van der Waals surface area contributed by atoms with Crippen LogP contribution in [-0.2, 0) is 4.79 Å². The Morgan fingerprint density at radius 1 is 1.07 bits per heavy atom. The molecule has 11 heteroatoms. The summed E-state index contributed by atoms with van der Waals surface area (Å²) in [5.41, 5.74) is 9.20. The number of hydrogen-bond donors (Lipinski definition) is 3. The van der Waals surface area contributed by atoms with Crippen molar-refractivity contribution in [3.8, 4) is 22.8 Å². The van der Waals surface area contributed by atoms with Gasteiger partial charge in [-0.1, -0.05) is 24.8 Å². The molecule has 1 saturated carbocycles. The number of carbonyl (C=O) groups is 1. The number of hydrogen-bond acceptors (Lipinski definition) is 9. The lowest BCUT2D eigenvalue weighted by atomic mass is 9.90. The second kappa shape index (κ2) is 12.4. The average molecular weight is 583 g/mol. The van der Waals surface area contributed by atoms with Gasteiger partial charge in [0.05, 0.1) is 17.1 Å². The van der Waals surface area contributed by atoms with Crippen molar-refractivity contribution in [1.29, 1.82) is 0 Å². The summed E-state index contributed by atoms with van der Waals surface area (Å²) in [7, 11) is 0. The lowest BCUT2D eigenvalue weighted by molar-refractivity contribution is -0.131. The molecule has 6 rings (SSSR count). The van der Waals surface area contributed by atoms with Crippen molar-refractivity contribution < 1.29 is 14.6 Å². The van der Waals surface area contributed by atoms with Gasteiger partial charge in [0.25, 0.3) is 0 Å². The molecule has 2 aromatic carbocycles. The molecular formula is C32H38N8O3. The Bertz CT molecular complexity index is 1590. The van der Waals surface area contributed by atoms with Crippen LogP contribution >= 0.6 is 0 Å². The van der Waals surface area contributed by atoms with Gasteiger partial charge >= 0.3 is 0 Å². The van der Waals surface area contributed by atoms with Gasteiger partial charge in [-0.25, -0.2) is 14.6 Å². The van der Waals surface area contributed by atoms with Crippen LogP contribution < -0.4 is 15.8 Å². The van der Waals surface area contributed by atoms with Crippen LogP contribution in [0.2, 0.25) is 0 Å². The number of amides is 1. The van der Waals surface area contributed by atoms with Crippen molar-refractivity contribution in [3.05, 3.63) is 67.5 Å². The number of aliphatic hydroxyl groups excluding tert-OH is 1. The van der Waals surface area contributed by atoms with E-state index in [-0.39, 0.29) is 11.9 Å². The van der Waals surface area contributed by atoms with Crippen LogP contribution in [0.1, 0.15) is 38.6 Å². The standard InChI is InChI=1S/C32H38N8O3/c1-3-28(42)36-26-19-22(9-14-27(26)43-25-7-5-4-6-8-25)30-29-31(33)34-20-35-32(29)40(37-30)24-12-10-23(11-13-24)39-17-15-38(16-18-39)21(2)41/h3-9,14,19-20,23-24,28,36,42H,1,10-13,15-18H2,2H3,(H2,33,34,35). The predicted octanol–water partition coefficient (Wildman–Crippen LogP) is 4.43. The van der Waals surface area contributed by atoms with E-state index in [0.29, 0.717) is 45.8 Å². The second-order valence-electron chi connectivity index (χ2n) is 11.2. The minimum atomic E-state index is -0.975. The van der Waals surface area contributed by atoms with Gasteiger partial charge in [-0.2, -0.15) is 5.10 Å². The number of piperazine rings is 1. The average Bonchev–Trinajstić information content (AvgIpc) is 3.43. The zero-order valence-electron chi connectivity index (χ0n) is 24.4. The molecule has 0 bridgehead atoms. The molecule has 1 atom stereocenters. The third-order valence-electron chi connectivity index (χ3n) is 8.56. The Balaban J connectivity index is 1.27. The number of aromatic nitrogens is 4. The Labute approximate surface area is 251 Å². The summed E-state index contributed by atoms with van der Waals surface area (Å²) in [6.07, 6.45) is 5.98. The van der Waals surface area contributed by atoms with Crippen LogP contribution in [0.25, 0.3) is 22.3 Å². The summed E-state index contributed by atoms with van der Waals surface area (Å²) in [5, 5.41) is 19.2. The molecule has 11 nitrogen and oxygen atoms in total. The fourth-order valence-electron chi connectivity index (χ4n) is 6.23. The van der Waals surface area contributed by atoms with E-state index in [9.17, 15) is 9.90 Å². The summed E-state index contributed by atoms with van der Waals surface area (Å²) in [6, 6.07) is 15.8. The molecule has 0 spiro atoms. The topological polar surface area (TPSA) is 135 Å². The second-order valence-corrected chi connectivity index (χ2v) is 11.2. The summed E-state index contributed by atoms with van der Waals surface area (Å²) < 4.78 is 8.15. The van der Waals surface area contributed by atoms with Gasteiger partial charge in [0.15, 0.2) is 11.4 Å². The smallest absolute Gasteiger partial charge is 0.219 e. The van der Waals surface area contributed by atoms with Crippen molar-refractivity contribution in [2.24, 2.45) is 0 Å². The van der Waals surface area contributed by atoms with E-state index in [4.69, 9.17) is 15.6 Å². The molecule has 4 N–H and O–H groups in total. The number of aliphatic hydroxyl groups is 1. The molecule has 1 aliphatic heterocycles. The highest BCUT2D eigenvalue weighted by Crippen LogP contribution is 2.40. The van der Waals surface area contributed by atoms with Crippen LogP contribution in [0.5, 0.6) is 11.5 Å². The van der Waals surface area contributed by atoms with Gasteiger partial charge in [0.2, 0.25) is 5.91 Å².